The highest BCUT2D eigenvalue weighted by atomic mass is 79.9. The van der Waals surface area contributed by atoms with Crippen molar-refractivity contribution in [2.24, 2.45) is 5.73 Å². The molecule has 2 heterocycles. The molecular formula is C15H11BrF3N3O2S. The van der Waals surface area contributed by atoms with Crippen LogP contribution in [0.3, 0.4) is 0 Å². The summed E-state index contributed by atoms with van der Waals surface area (Å²) in [7, 11) is 0. The third-order valence-electron chi connectivity index (χ3n) is 3.41. The van der Waals surface area contributed by atoms with Gasteiger partial charge in [-0.2, -0.15) is 0 Å². The molecule has 132 valence electrons. The Morgan fingerprint density at radius 1 is 1.40 bits per heavy atom. The fraction of sp³-hybridized carbons (Fsp3) is 0.200. The number of hydrogen-bond acceptors (Lipinski definition) is 4. The van der Waals surface area contributed by atoms with Crippen molar-refractivity contribution in [2.45, 2.75) is 19.3 Å². The molecule has 2 aromatic heterocycles. The van der Waals surface area contributed by atoms with E-state index in [0.29, 0.717) is 25.3 Å². The lowest BCUT2D eigenvalue weighted by atomic mass is 10.2. The summed E-state index contributed by atoms with van der Waals surface area (Å²) >= 11 is 4.44. The Labute approximate surface area is 152 Å². The lowest BCUT2D eigenvalue weighted by Gasteiger charge is -2.14. The number of carbonyl (C=O) groups excluding carboxylic acids is 1. The zero-order valence-electron chi connectivity index (χ0n) is 12.5. The monoisotopic (exact) mass is 433 g/mol. The number of aromatic nitrogens is 2. The van der Waals surface area contributed by atoms with Crippen LogP contribution in [0.5, 0.6) is 0 Å². The minimum absolute atomic E-state index is 0.0924. The molecular weight excluding hydrogens is 423 g/mol. The molecule has 0 spiro atoms. The number of hydrogen-bond donors (Lipinski definition) is 1. The minimum Gasteiger partial charge on any atom is -0.444 e. The van der Waals surface area contributed by atoms with E-state index < -0.39 is 18.8 Å². The second-order valence-electron chi connectivity index (χ2n) is 5.02. The summed E-state index contributed by atoms with van der Waals surface area (Å²) in [5.41, 5.74) is 5.44. The van der Waals surface area contributed by atoms with Crippen LogP contribution in [0.15, 0.2) is 34.9 Å². The lowest BCUT2D eigenvalue weighted by Crippen LogP contribution is -2.13. The van der Waals surface area contributed by atoms with Gasteiger partial charge in [-0.1, -0.05) is 22.0 Å². The molecule has 0 aliphatic heterocycles. The van der Waals surface area contributed by atoms with Gasteiger partial charge in [-0.25, -0.2) is 22.9 Å². The second kappa shape index (κ2) is 7.04. The summed E-state index contributed by atoms with van der Waals surface area (Å²) in [6, 6.07) is 6.52. The van der Waals surface area contributed by atoms with Crippen molar-refractivity contribution in [1.29, 1.82) is 0 Å². The van der Waals surface area contributed by atoms with Gasteiger partial charge in [0, 0.05) is 16.1 Å². The molecule has 0 saturated carbocycles. The van der Waals surface area contributed by atoms with Gasteiger partial charge in [0.1, 0.15) is 11.6 Å². The summed E-state index contributed by atoms with van der Waals surface area (Å²) < 4.78 is 46.6. The number of benzene rings is 1. The number of primary amides is 1. The molecule has 0 bridgehead atoms. The molecule has 0 fully saturated rings. The minimum atomic E-state index is -3.19. The molecule has 0 saturated heterocycles. The van der Waals surface area contributed by atoms with E-state index in [0.717, 1.165) is 15.9 Å². The first-order chi connectivity index (χ1) is 11.9. The second-order valence-corrected chi connectivity index (χ2v) is 6.99. The van der Waals surface area contributed by atoms with Crippen LogP contribution in [0.4, 0.5) is 18.0 Å². The largest absolute Gasteiger partial charge is 0.444 e. The molecule has 0 aliphatic carbocycles. The number of nitrogens with two attached hydrogens (primary N) is 1. The van der Waals surface area contributed by atoms with Crippen molar-refractivity contribution in [2.75, 3.05) is 0 Å². The maximum Gasteiger partial charge on any atom is 0.404 e. The van der Waals surface area contributed by atoms with Crippen LogP contribution in [0.2, 0.25) is 0 Å². The van der Waals surface area contributed by atoms with Crippen molar-refractivity contribution in [3.05, 3.63) is 39.8 Å². The molecule has 0 radical (unpaired) electrons. The number of amides is 1. The van der Waals surface area contributed by atoms with Gasteiger partial charge >= 0.3 is 6.09 Å². The summed E-state index contributed by atoms with van der Waals surface area (Å²) in [4.78, 5) is 15.3. The molecule has 1 aromatic carbocycles. The van der Waals surface area contributed by atoms with E-state index in [1.807, 2.05) is 0 Å². The number of ether oxygens (including phenoxy) is 1. The first-order valence-corrected chi connectivity index (χ1v) is 8.58. The Morgan fingerprint density at radius 3 is 2.84 bits per heavy atom. The summed E-state index contributed by atoms with van der Waals surface area (Å²) in [6.45, 7) is -0.0924. The van der Waals surface area contributed by atoms with Crippen LogP contribution in [0.1, 0.15) is 11.2 Å². The Hall–Kier alpha value is -2.07. The summed E-state index contributed by atoms with van der Waals surface area (Å²) in [6.07, 6.45) is -5.22. The van der Waals surface area contributed by atoms with Crippen LogP contribution >= 0.6 is 27.3 Å². The van der Waals surface area contributed by atoms with E-state index in [1.165, 1.54) is 6.20 Å². The van der Waals surface area contributed by atoms with Crippen molar-refractivity contribution >= 4 is 44.3 Å². The summed E-state index contributed by atoms with van der Waals surface area (Å²) in [5, 5.41) is 0.917. The Morgan fingerprint density at radius 2 is 2.16 bits per heavy atom. The lowest BCUT2D eigenvalue weighted by molar-refractivity contribution is 0.0115. The first kappa shape index (κ1) is 17.7. The molecule has 1 unspecified atom stereocenters. The highest BCUT2D eigenvalue weighted by Crippen LogP contribution is 2.38. The van der Waals surface area contributed by atoms with Crippen LogP contribution in [-0.4, -0.2) is 22.1 Å². The van der Waals surface area contributed by atoms with Crippen LogP contribution < -0.4 is 5.73 Å². The molecule has 3 rings (SSSR count). The number of nitrogens with zero attached hydrogens (tertiary/aromatic N) is 2. The SMILES string of the molecule is NC(=O)OCc1cnc(-c2cc3c(Br)cccc3n2C(F)C(F)F)s1. The number of thiazole rings is 1. The first-order valence-electron chi connectivity index (χ1n) is 6.97. The van der Waals surface area contributed by atoms with E-state index in [1.54, 1.807) is 24.3 Å². The standard InChI is InChI=1S/C15H11BrF3N3O2S/c16-9-2-1-3-10-8(9)4-11(22(10)13(19)12(17)18)14-21-5-7(25-14)6-24-15(20)23/h1-5,12-13H,6H2,(H2,20,23). The van der Waals surface area contributed by atoms with Gasteiger partial charge in [0.15, 0.2) is 0 Å². The molecule has 10 heteroatoms. The number of fused-ring (bicyclic) bond motifs is 1. The average molecular weight is 434 g/mol. The third kappa shape index (κ3) is 3.49. The normalized spacial score (nSPS) is 12.7. The third-order valence-corrected chi connectivity index (χ3v) is 5.10. The van der Waals surface area contributed by atoms with E-state index in [9.17, 15) is 18.0 Å². The molecule has 0 aliphatic rings. The zero-order valence-corrected chi connectivity index (χ0v) is 14.9. The van der Waals surface area contributed by atoms with Gasteiger partial charge in [0.25, 0.3) is 6.43 Å². The molecule has 1 atom stereocenters. The number of carbonyl (C=O) groups is 1. The van der Waals surface area contributed by atoms with E-state index in [2.05, 4.69) is 25.7 Å². The van der Waals surface area contributed by atoms with Crippen molar-refractivity contribution in [3.63, 3.8) is 0 Å². The number of halogens is 4. The maximum atomic E-state index is 14.2. The Balaban J connectivity index is 2.10. The van der Waals surface area contributed by atoms with Gasteiger partial charge in [0.05, 0.1) is 16.1 Å². The van der Waals surface area contributed by atoms with Crippen molar-refractivity contribution in [3.8, 4) is 10.7 Å². The van der Waals surface area contributed by atoms with Gasteiger partial charge in [-0.3, -0.25) is 0 Å². The molecule has 5 nitrogen and oxygen atoms in total. The molecule has 3 aromatic rings. The molecule has 1 amide bonds. The highest BCUT2D eigenvalue weighted by Gasteiger charge is 2.27. The van der Waals surface area contributed by atoms with E-state index in [4.69, 9.17) is 5.73 Å². The fourth-order valence-corrected chi connectivity index (χ4v) is 3.70. The number of alkyl halides is 3. The van der Waals surface area contributed by atoms with Gasteiger partial charge in [0.2, 0.25) is 6.30 Å². The quantitative estimate of drug-likeness (QED) is 0.624. The average Bonchev–Trinajstić information content (AvgIpc) is 3.17. The maximum absolute atomic E-state index is 14.2. The molecule has 2 N–H and O–H groups in total. The predicted molar refractivity (Wildman–Crippen MR) is 91.3 cm³/mol. The van der Waals surface area contributed by atoms with Gasteiger partial charge in [-0.05, 0) is 18.2 Å². The smallest absolute Gasteiger partial charge is 0.404 e. The summed E-state index contributed by atoms with van der Waals surface area (Å²) in [5.74, 6) is 0. The Bertz CT molecular complexity index is 928. The predicted octanol–water partition coefficient (Wildman–Crippen LogP) is 4.86. The van der Waals surface area contributed by atoms with Crippen LogP contribution in [-0.2, 0) is 11.3 Å². The van der Waals surface area contributed by atoms with Gasteiger partial charge < -0.3 is 15.0 Å². The van der Waals surface area contributed by atoms with E-state index in [-0.39, 0.29) is 12.3 Å². The highest BCUT2D eigenvalue weighted by molar-refractivity contribution is 9.10. The van der Waals surface area contributed by atoms with Gasteiger partial charge in [-0.15, -0.1) is 11.3 Å². The topological polar surface area (TPSA) is 70.1 Å². The number of rotatable bonds is 5. The van der Waals surface area contributed by atoms with Crippen LogP contribution in [0, 0.1) is 0 Å². The Kier molecular flexibility index (Phi) is 5.00. The molecule has 25 heavy (non-hydrogen) atoms. The van der Waals surface area contributed by atoms with Crippen molar-refractivity contribution < 1.29 is 22.7 Å². The fourth-order valence-electron chi connectivity index (χ4n) is 2.39. The van der Waals surface area contributed by atoms with Crippen LogP contribution in [0.25, 0.3) is 21.6 Å². The zero-order chi connectivity index (χ0) is 18.1. The van der Waals surface area contributed by atoms with Crippen molar-refractivity contribution in [1.82, 2.24) is 9.55 Å². The van der Waals surface area contributed by atoms with E-state index >= 15 is 0 Å².